The van der Waals surface area contributed by atoms with E-state index in [2.05, 4.69) is 4.90 Å². The lowest BCUT2D eigenvalue weighted by atomic mass is 9.61. The molecular formula is C25H33NO4. The molecule has 5 nitrogen and oxygen atoms in total. The fourth-order valence-electron chi connectivity index (χ4n) is 5.10. The summed E-state index contributed by atoms with van der Waals surface area (Å²) in [5.74, 6) is 0.165. The molecule has 5 heteroatoms. The Labute approximate surface area is 178 Å². The predicted octanol–water partition coefficient (Wildman–Crippen LogP) is 3.85. The molecular weight excluding hydrogens is 378 g/mol. The van der Waals surface area contributed by atoms with Gasteiger partial charge in [-0.2, -0.15) is 0 Å². The Morgan fingerprint density at radius 2 is 1.97 bits per heavy atom. The van der Waals surface area contributed by atoms with Gasteiger partial charge in [0.2, 0.25) is 0 Å². The van der Waals surface area contributed by atoms with E-state index in [1.807, 2.05) is 24.3 Å². The van der Waals surface area contributed by atoms with Gasteiger partial charge in [-0.1, -0.05) is 43.5 Å². The van der Waals surface area contributed by atoms with E-state index >= 15 is 0 Å². The van der Waals surface area contributed by atoms with Crippen LogP contribution in [0.5, 0.6) is 0 Å². The molecule has 1 aromatic rings. The molecule has 0 spiro atoms. The topological polar surface area (TPSA) is 77.8 Å². The van der Waals surface area contributed by atoms with Gasteiger partial charge in [0.05, 0.1) is 17.7 Å². The lowest BCUT2D eigenvalue weighted by Gasteiger charge is -2.46. The number of nitrogens with zero attached hydrogens (tertiary/aromatic N) is 1. The van der Waals surface area contributed by atoms with Crippen LogP contribution < -0.4 is 0 Å². The summed E-state index contributed by atoms with van der Waals surface area (Å²) in [5.41, 5.74) is 1.50. The molecule has 162 valence electrons. The summed E-state index contributed by atoms with van der Waals surface area (Å²) in [5, 5.41) is 19.8. The summed E-state index contributed by atoms with van der Waals surface area (Å²) in [7, 11) is 0. The third-order valence-corrected chi connectivity index (χ3v) is 7.38. The maximum absolute atomic E-state index is 12.4. The molecule has 0 aromatic heterocycles. The number of hydrogen-bond acceptors (Lipinski definition) is 4. The highest BCUT2D eigenvalue weighted by Crippen LogP contribution is 2.53. The Morgan fingerprint density at radius 1 is 1.23 bits per heavy atom. The number of aromatic carboxylic acids is 1. The van der Waals surface area contributed by atoms with E-state index in [4.69, 9.17) is 5.11 Å². The molecule has 1 aliphatic heterocycles. The number of carbonyl (C=O) groups excluding carboxylic acids is 1. The number of likely N-dealkylation sites (tertiary alicyclic amines) is 1. The highest BCUT2D eigenvalue weighted by Gasteiger charge is 2.46. The molecule has 1 aromatic carbocycles. The van der Waals surface area contributed by atoms with Gasteiger partial charge in [0.1, 0.15) is 0 Å². The van der Waals surface area contributed by atoms with Gasteiger partial charge in [-0.25, -0.2) is 4.79 Å². The summed E-state index contributed by atoms with van der Waals surface area (Å²) >= 11 is 0. The number of benzene rings is 1. The van der Waals surface area contributed by atoms with Crippen LogP contribution in [0, 0.1) is 11.3 Å². The highest BCUT2D eigenvalue weighted by molar-refractivity contribution is 5.88. The minimum Gasteiger partial charge on any atom is -0.478 e. The van der Waals surface area contributed by atoms with E-state index < -0.39 is 5.97 Å². The smallest absolute Gasteiger partial charge is 0.335 e. The molecule has 4 rings (SSSR count). The first-order valence-corrected chi connectivity index (χ1v) is 11.4. The van der Waals surface area contributed by atoms with Crippen molar-refractivity contribution in [3.8, 4) is 0 Å². The first-order chi connectivity index (χ1) is 14.5. The second-order valence-corrected chi connectivity index (χ2v) is 9.49. The maximum atomic E-state index is 12.4. The average Bonchev–Trinajstić information content (AvgIpc) is 3.46. The molecule has 2 N–H and O–H groups in total. The van der Waals surface area contributed by atoms with Gasteiger partial charge >= 0.3 is 5.97 Å². The molecule has 30 heavy (non-hydrogen) atoms. The van der Waals surface area contributed by atoms with Gasteiger partial charge in [0.15, 0.2) is 5.78 Å². The molecule has 3 aliphatic rings. The maximum Gasteiger partial charge on any atom is 0.335 e. The number of carboxylic acid groups (broad SMARTS) is 1. The number of carboxylic acids is 1. The number of hydrogen-bond donors (Lipinski definition) is 2. The Balaban J connectivity index is 1.29. The van der Waals surface area contributed by atoms with Crippen LogP contribution in [0.2, 0.25) is 0 Å². The van der Waals surface area contributed by atoms with Crippen molar-refractivity contribution in [3.05, 3.63) is 47.5 Å². The third-order valence-electron chi connectivity index (χ3n) is 7.38. The lowest BCUT2D eigenvalue weighted by molar-refractivity contribution is -0.118. The number of aliphatic hydroxyl groups is 1. The summed E-state index contributed by atoms with van der Waals surface area (Å²) in [4.78, 5) is 25.6. The van der Waals surface area contributed by atoms with Crippen LogP contribution in [0.25, 0.3) is 0 Å². The Hall–Kier alpha value is -1.98. The second kappa shape index (κ2) is 9.03. The van der Waals surface area contributed by atoms with E-state index in [0.717, 1.165) is 43.8 Å². The largest absolute Gasteiger partial charge is 0.478 e. The van der Waals surface area contributed by atoms with Gasteiger partial charge in [-0.05, 0) is 61.1 Å². The lowest BCUT2D eigenvalue weighted by Crippen LogP contribution is -2.41. The summed E-state index contributed by atoms with van der Waals surface area (Å²) in [6, 6.07) is 6.75. The molecule has 2 saturated carbocycles. The summed E-state index contributed by atoms with van der Waals surface area (Å²) < 4.78 is 0. The molecule has 1 heterocycles. The monoisotopic (exact) mass is 411 g/mol. The molecule has 0 radical (unpaired) electrons. The zero-order chi connectivity index (χ0) is 21.1. The number of carbonyl (C=O) groups is 2. The number of ketones is 1. The predicted molar refractivity (Wildman–Crippen MR) is 115 cm³/mol. The van der Waals surface area contributed by atoms with Crippen LogP contribution in [0.4, 0.5) is 0 Å². The first-order valence-electron chi connectivity index (χ1n) is 11.4. The zero-order valence-electron chi connectivity index (χ0n) is 17.6. The highest BCUT2D eigenvalue weighted by atomic mass is 16.4. The van der Waals surface area contributed by atoms with Crippen molar-refractivity contribution in [1.82, 2.24) is 4.90 Å². The number of aliphatic hydroxyl groups excluding tert-OH is 1. The van der Waals surface area contributed by atoms with E-state index in [-0.39, 0.29) is 23.3 Å². The molecule has 3 fully saturated rings. The number of rotatable bonds is 10. The Bertz CT molecular complexity index is 792. The van der Waals surface area contributed by atoms with Crippen LogP contribution in [0.1, 0.15) is 67.3 Å². The normalized spacial score (nSPS) is 24.8. The van der Waals surface area contributed by atoms with E-state index in [0.29, 0.717) is 18.4 Å². The summed E-state index contributed by atoms with van der Waals surface area (Å²) in [6.45, 7) is 1.52. The van der Waals surface area contributed by atoms with Crippen molar-refractivity contribution in [1.29, 1.82) is 0 Å². The molecule has 0 unspecified atom stereocenters. The van der Waals surface area contributed by atoms with Crippen LogP contribution in [0.15, 0.2) is 36.4 Å². The van der Waals surface area contributed by atoms with Crippen LogP contribution in [0.3, 0.4) is 0 Å². The molecule has 2 atom stereocenters. The van der Waals surface area contributed by atoms with E-state index in [1.165, 1.54) is 25.7 Å². The van der Waals surface area contributed by atoms with Crippen molar-refractivity contribution < 1.29 is 19.8 Å². The van der Waals surface area contributed by atoms with Gasteiger partial charge in [-0.3, -0.25) is 9.69 Å². The molecule has 2 aliphatic carbocycles. The minimum atomic E-state index is -0.917. The van der Waals surface area contributed by atoms with Crippen LogP contribution >= 0.6 is 0 Å². The average molecular weight is 412 g/mol. The van der Waals surface area contributed by atoms with E-state index in [1.54, 1.807) is 12.1 Å². The molecule has 0 bridgehead atoms. The second-order valence-electron chi connectivity index (χ2n) is 9.49. The number of Topliss-reactive ketones (excluding diaryl/α,β-unsaturated/α-hetero) is 1. The quantitative estimate of drug-likeness (QED) is 0.572. The van der Waals surface area contributed by atoms with Gasteiger partial charge in [0.25, 0.3) is 0 Å². The fraction of sp³-hybridized carbons (Fsp3) is 0.600. The zero-order valence-corrected chi connectivity index (χ0v) is 17.6. The van der Waals surface area contributed by atoms with E-state index in [9.17, 15) is 14.7 Å². The van der Waals surface area contributed by atoms with Crippen molar-refractivity contribution in [2.75, 3.05) is 13.1 Å². The SMILES string of the molecule is O=C(O)c1ccc(CCN2CCC(=O)[C@H]2C=CC[C@@H](O)C2(CC3CC3)CCC2)cc1. The molecule has 0 amide bonds. The Kier molecular flexibility index (Phi) is 6.40. The van der Waals surface area contributed by atoms with Crippen LogP contribution in [-0.2, 0) is 11.2 Å². The minimum absolute atomic E-state index is 0.132. The van der Waals surface area contributed by atoms with Crippen molar-refractivity contribution in [2.45, 2.75) is 69.9 Å². The van der Waals surface area contributed by atoms with Crippen molar-refractivity contribution in [2.24, 2.45) is 11.3 Å². The van der Waals surface area contributed by atoms with Gasteiger partial charge in [0, 0.05) is 19.5 Å². The standard InChI is InChI=1S/C25H33NO4/c27-22-12-16-26(15-11-18-7-9-20(10-8-18)24(29)30)21(22)3-1-4-23(28)25(13-2-14-25)17-19-5-6-19/h1,3,7-10,19,21,23,28H,2,4-6,11-17H2,(H,29,30)/t21-,23-/m1/s1. The first kappa shape index (κ1) is 21.3. The van der Waals surface area contributed by atoms with Crippen molar-refractivity contribution in [3.63, 3.8) is 0 Å². The summed E-state index contributed by atoms with van der Waals surface area (Å²) in [6.07, 6.45) is 13.1. The molecule has 1 saturated heterocycles. The van der Waals surface area contributed by atoms with Crippen molar-refractivity contribution >= 4 is 11.8 Å². The fourth-order valence-corrected chi connectivity index (χ4v) is 5.10. The third kappa shape index (κ3) is 4.84. The Morgan fingerprint density at radius 3 is 2.57 bits per heavy atom. The van der Waals surface area contributed by atoms with Gasteiger partial charge < -0.3 is 10.2 Å². The van der Waals surface area contributed by atoms with Crippen LogP contribution in [-0.4, -0.2) is 52.1 Å². The van der Waals surface area contributed by atoms with Gasteiger partial charge in [-0.15, -0.1) is 0 Å².